The summed E-state index contributed by atoms with van der Waals surface area (Å²) in [6.45, 7) is 5.30. The zero-order valence-electron chi connectivity index (χ0n) is 17.3. The average molecular weight is 408 g/mol. The van der Waals surface area contributed by atoms with Crippen molar-refractivity contribution in [2.45, 2.75) is 19.3 Å². The molecule has 0 spiro atoms. The van der Waals surface area contributed by atoms with Crippen molar-refractivity contribution in [3.63, 3.8) is 0 Å². The van der Waals surface area contributed by atoms with Crippen LogP contribution in [0.2, 0.25) is 0 Å². The normalized spacial score (nSPS) is 16.7. The van der Waals surface area contributed by atoms with Crippen LogP contribution in [0.5, 0.6) is 5.75 Å². The number of hydrogen-bond donors (Lipinski definition) is 0. The maximum atomic E-state index is 12.7. The van der Waals surface area contributed by atoms with Gasteiger partial charge in [-0.3, -0.25) is 14.5 Å². The molecule has 0 unspecified atom stereocenters. The predicted molar refractivity (Wildman–Crippen MR) is 117 cm³/mol. The van der Waals surface area contributed by atoms with Crippen molar-refractivity contribution in [1.82, 2.24) is 9.80 Å². The Kier molecular flexibility index (Phi) is 6.64. The minimum absolute atomic E-state index is 0.0133. The molecule has 2 aliphatic rings. The van der Waals surface area contributed by atoms with Crippen LogP contribution in [0, 0.1) is 0 Å². The lowest BCUT2D eigenvalue weighted by molar-refractivity contribution is -0.134. The average Bonchev–Trinajstić information content (AvgIpc) is 2.81. The van der Waals surface area contributed by atoms with Crippen molar-refractivity contribution in [1.29, 1.82) is 0 Å². The van der Waals surface area contributed by atoms with Crippen LogP contribution in [0.3, 0.4) is 0 Å². The van der Waals surface area contributed by atoms with E-state index < -0.39 is 0 Å². The summed E-state index contributed by atoms with van der Waals surface area (Å²) in [5.74, 6) is 0.795. The number of rotatable bonds is 6. The molecule has 0 aromatic heterocycles. The second kappa shape index (κ2) is 9.76. The highest BCUT2D eigenvalue weighted by atomic mass is 16.5. The van der Waals surface area contributed by atoms with Crippen LogP contribution in [0.1, 0.15) is 18.4 Å². The van der Waals surface area contributed by atoms with Crippen LogP contribution in [-0.2, 0) is 16.0 Å². The highest BCUT2D eigenvalue weighted by Gasteiger charge is 2.25. The first-order chi connectivity index (χ1) is 14.7. The fourth-order valence-corrected chi connectivity index (χ4v) is 4.09. The number of piperazine rings is 1. The number of amides is 2. The van der Waals surface area contributed by atoms with Gasteiger partial charge in [0.1, 0.15) is 12.4 Å². The Hall–Kier alpha value is -2.86. The first-order valence-electron chi connectivity index (χ1n) is 10.8. The fraction of sp³-hybridized carbons (Fsp3) is 0.417. The number of benzene rings is 2. The second-order valence-corrected chi connectivity index (χ2v) is 7.82. The van der Waals surface area contributed by atoms with Gasteiger partial charge in [0.15, 0.2) is 0 Å². The Morgan fingerprint density at radius 2 is 1.50 bits per heavy atom. The van der Waals surface area contributed by atoms with E-state index in [0.717, 1.165) is 50.6 Å². The molecule has 30 heavy (non-hydrogen) atoms. The Bertz CT molecular complexity index is 863. The first-order valence-corrected chi connectivity index (χ1v) is 10.8. The number of anilines is 1. The third-order valence-corrected chi connectivity index (χ3v) is 5.87. The summed E-state index contributed by atoms with van der Waals surface area (Å²) in [6.07, 6.45) is 1.54. The van der Waals surface area contributed by atoms with Gasteiger partial charge in [-0.05, 0) is 24.1 Å². The summed E-state index contributed by atoms with van der Waals surface area (Å²) in [5.41, 5.74) is 2.15. The van der Waals surface area contributed by atoms with Gasteiger partial charge in [0.25, 0.3) is 0 Å². The second-order valence-electron chi connectivity index (χ2n) is 7.82. The smallest absolute Gasteiger partial charge is 0.227 e. The van der Waals surface area contributed by atoms with E-state index >= 15 is 0 Å². The lowest BCUT2D eigenvalue weighted by Crippen LogP contribution is -2.49. The molecule has 2 aliphatic heterocycles. The van der Waals surface area contributed by atoms with Gasteiger partial charge >= 0.3 is 0 Å². The Labute approximate surface area is 178 Å². The maximum Gasteiger partial charge on any atom is 0.227 e. The summed E-state index contributed by atoms with van der Waals surface area (Å²) in [6, 6.07) is 18.1. The largest absolute Gasteiger partial charge is 0.490 e. The molecule has 0 N–H and O–H groups in total. The molecule has 0 bridgehead atoms. The molecule has 6 heteroatoms. The Morgan fingerprint density at radius 1 is 0.800 bits per heavy atom. The van der Waals surface area contributed by atoms with Crippen LogP contribution in [0.25, 0.3) is 0 Å². The molecule has 2 heterocycles. The van der Waals surface area contributed by atoms with Crippen molar-refractivity contribution in [2.75, 3.05) is 50.8 Å². The highest BCUT2D eigenvalue weighted by molar-refractivity contribution is 5.97. The lowest BCUT2D eigenvalue weighted by Gasteiger charge is -2.35. The molecule has 2 amide bonds. The van der Waals surface area contributed by atoms with E-state index in [1.54, 1.807) is 4.90 Å². The van der Waals surface area contributed by atoms with Crippen molar-refractivity contribution in [3.05, 3.63) is 60.2 Å². The van der Waals surface area contributed by atoms with E-state index in [2.05, 4.69) is 29.2 Å². The van der Waals surface area contributed by atoms with Crippen molar-refractivity contribution in [3.8, 4) is 5.75 Å². The van der Waals surface area contributed by atoms with E-state index in [1.165, 1.54) is 5.56 Å². The highest BCUT2D eigenvalue weighted by Crippen LogP contribution is 2.31. The molecule has 2 aromatic carbocycles. The number of carbonyl (C=O) groups excluding carboxylic acids is 2. The van der Waals surface area contributed by atoms with Gasteiger partial charge in [-0.15, -0.1) is 0 Å². The molecule has 0 saturated carbocycles. The first kappa shape index (κ1) is 20.4. The number of ether oxygens (including phenoxy) is 1. The van der Waals surface area contributed by atoms with E-state index in [1.807, 2.05) is 35.2 Å². The SMILES string of the molecule is O=C(CCC(=O)N1CCOc2ccccc21)N1CCN(CCc2ccccc2)CC1. The topological polar surface area (TPSA) is 53.1 Å². The van der Waals surface area contributed by atoms with Crippen LogP contribution >= 0.6 is 0 Å². The van der Waals surface area contributed by atoms with Crippen LogP contribution < -0.4 is 9.64 Å². The third kappa shape index (κ3) is 5.00. The number of hydrogen-bond acceptors (Lipinski definition) is 4. The van der Waals surface area contributed by atoms with Crippen LogP contribution in [0.15, 0.2) is 54.6 Å². The van der Waals surface area contributed by atoms with Gasteiger partial charge < -0.3 is 14.5 Å². The molecule has 0 atom stereocenters. The Morgan fingerprint density at radius 3 is 2.30 bits per heavy atom. The summed E-state index contributed by atoms with van der Waals surface area (Å²) in [4.78, 5) is 31.4. The quantitative estimate of drug-likeness (QED) is 0.739. The van der Waals surface area contributed by atoms with Crippen molar-refractivity contribution in [2.24, 2.45) is 0 Å². The van der Waals surface area contributed by atoms with E-state index in [4.69, 9.17) is 4.74 Å². The molecule has 158 valence electrons. The van der Waals surface area contributed by atoms with Crippen LogP contribution in [-0.4, -0.2) is 67.5 Å². The standard InChI is InChI=1S/C24H29N3O3/c28-23(10-11-24(29)27-18-19-30-22-9-5-4-8-21(22)27)26-16-14-25(15-17-26)13-12-20-6-2-1-3-7-20/h1-9H,10-19H2. The molecule has 1 fully saturated rings. The van der Waals surface area contributed by atoms with E-state index in [-0.39, 0.29) is 24.7 Å². The molecule has 6 nitrogen and oxygen atoms in total. The molecule has 0 aliphatic carbocycles. The summed E-state index contributed by atoms with van der Waals surface area (Å²) >= 11 is 0. The molecular formula is C24H29N3O3. The van der Waals surface area contributed by atoms with Gasteiger partial charge in [-0.2, -0.15) is 0 Å². The van der Waals surface area contributed by atoms with Gasteiger partial charge in [0.05, 0.1) is 12.2 Å². The fourth-order valence-electron chi connectivity index (χ4n) is 4.09. The molecule has 2 aromatic rings. The molecule has 4 rings (SSSR count). The van der Waals surface area contributed by atoms with E-state index in [9.17, 15) is 9.59 Å². The third-order valence-electron chi connectivity index (χ3n) is 5.87. The van der Waals surface area contributed by atoms with Gasteiger partial charge in [0.2, 0.25) is 11.8 Å². The Balaban J connectivity index is 1.20. The minimum Gasteiger partial charge on any atom is -0.490 e. The maximum absolute atomic E-state index is 12.7. The van der Waals surface area contributed by atoms with Gasteiger partial charge in [-0.25, -0.2) is 0 Å². The van der Waals surface area contributed by atoms with Gasteiger partial charge in [-0.1, -0.05) is 42.5 Å². The van der Waals surface area contributed by atoms with Crippen molar-refractivity contribution < 1.29 is 14.3 Å². The minimum atomic E-state index is -0.0133. The monoisotopic (exact) mass is 407 g/mol. The summed E-state index contributed by atoms with van der Waals surface area (Å²) in [5, 5.41) is 0. The predicted octanol–water partition coefficient (Wildman–Crippen LogP) is 2.58. The van der Waals surface area contributed by atoms with Crippen LogP contribution in [0.4, 0.5) is 5.69 Å². The van der Waals surface area contributed by atoms with E-state index in [0.29, 0.717) is 13.2 Å². The molecule has 1 saturated heterocycles. The number of carbonyl (C=O) groups is 2. The zero-order valence-corrected chi connectivity index (χ0v) is 17.3. The number of nitrogens with zero attached hydrogens (tertiary/aromatic N) is 3. The number of para-hydroxylation sites is 2. The molecule has 0 radical (unpaired) electrons. The zero-order chi connectivity index (χ0) is 20.8. The molecular weight excluding hydrogens is 378 g/mol. The summed E-state index contributed by atoms with van der Waals surface area (Å²) in [7, 11) is 0. The van der Waals surface area contributed by atoms with Crippen molar-refractivity contribution >= 4 is 17.5 Å². The van der Waals surface area contributed by atoms with Gasteiger partial charge in [0, 0.05) is 45.6 Å². The lowest BCUT2D eigenvalue weighted by atomic mass is 10.1. The number of fused-ring (bicyclic) bond motifs is 1. The summed E-state index contributed by atoms with van der Waals surface area (Å²) < 4.78 is 5.61.